The molecule has 0 spiro atoms. The van der Waals surface area contributed by atoms with E-state index in [1.54, 1.807) is 0 Å². The number of ether oxygens (including phenoxy) is 1. The minimum Gasteiger partial charge on any atom is -0.381 e. The number of thioether (sulfide) groups is 1. The van der Waals surface area contributed by atoms with Gasteiger partial charge < -0.3 is 4.74 Å². The molecule has 0 atom stereocenters. The minimum atomic E-state index is 0.787. The second-order valence-electron chi connectivity index (χ2n) is 3.03. The first kappa shape index (κ1) is 10.5. The van der Waals surface area contributed by atoms with Gasteiger partial charge in [-0.1, -0.05) is 12.2 Å². The van der Waals surface area contributed by atoms with Gasteiger partial charge >= 0.3 is 0 Å². The van der Waals surface area contributed by atoms with E-state index in [-0.39, 0.29) is 0 Å². The van der Waals surface area contributed by atoms with E-state index in [1.807, 2.05) is 11.8 Å². The molecule has 3 heteroatoms. The third kappa shape index (κ3) is 3.87. The van der Waals surface area contributed by atoms with E-state index < -0.39 is 0 Å². The van der Waals surface area contributed by atoms with Crippen LogP contribution in [0, 0.1) is 0 Å². The molecule has 70 valence electrons. The van der Waals surface area contributed by atoms with Crippen molar-refractivity contribution in [3.8, 4) is 0 Å². The summed E-state index contributed by atoms with van der Waals surface area (Å²) in [5.41, 5.74) is 1.23. The highest BCUT2D eigenvalue weighted by atomic mass is 32.2. The largest absolute Gasteiger partial charge is 0.381 e. The van der Waals surface area contributed by atoms with Gasteiger partial charge in [-0.2, -0.15) is 24.4 Å². The summed E-state index contributed by atoms with van der Waals surface area (Å²) in [5, 5.41) is 0.787. The number of hydrogen-bond donors (Lipinski definition) is 1. The summed E-state index contributed by atoms with van der Waals surface area (Å²) in [7, 11) is 0. The number of thiol groups is 1. The molecule has 1 fully saturated rings. The Morgan fingerprint density at radius 2 is 2.17 bits per heavy atom. The lowest BCUT2D eigenvalue weighted by Crippen LogP contribution is -2.18. The van der Waals surface area contributed by atoms with E-state index in [2.05, 4.69) is 19.2 Å². The SMILES string of the molecule is C=C(CS)CSC1CCOCC1. The molecule has 0 amide bonds. The first-order valence-electron chi connectivity index (χ1n) is 4.30. The van der Waals surface area contributed by atoms with Crippen LogP contribution in [0.5, 0.6) is 0 Å². The Morgan fingerprint density at radius 1 is 1.50 bits per heavy atom. The van der Waals surface area contributed by atoms with Gasteiger partial charge in [0.25, 0.3) is 0 Å². The van der Waals surface area contributed by atoms with E-state index in [0.717, 1.165) is 30.0 Å². The zero-order chi connectivity index (χ0) is 8.81. The van der Waals surface area contributed by atoms with Gasteiger partial charge in [0.2, 0.25) is 0 Å². The van der Waals surface area contributed by atoms with Crippen LogP contribution >= 0.6 is 24.4 Å². The molecular formula is C9H16OS2. The predicted octanol–water partition coefficient (Wildman–Crippen LogP) is 2.38. The molecule has 0 aliphatic carbocycles. The minimum absolute atomic E-state index is 0.787. The van der Waals surface area contributed by atoms with E-state index in [9.17, 15) is 0 Å². The zero-order valence-electron chi connectivity index (χ0n) is 7.29. The van der Waals surface area contributed by atoms with Gasteiger partial charge in [0, 0.05) is 30.0 Å². The second-order valence-corrected chi connectivity index (χ2v) is 4.64. The van der Waals surface area contributed by atoms with Crippen molar-refractivity contribution in [2.75, 3.05) is 24.7 Å². The van der Waals surface area contributed by atoms with Gasteiger partial charge in [-0.25, -0.2) is 0 Å². The van der Waals surface area contributed by atoms with Crippen molar-refractivity contribution in [3.05, 3.63) is 12.2 Å². The Morgan fingerprint density at radius 3 is 2.75 bits per heavy atom. The lowest BCUT2D eigenvalue weighted by atomic mass is 10.2. The smallest absolute Gasteiger partial charge is 0.0476 e. The Kier molecular flexibility index (Phi) is 5.19. The molecule has 0 saturated carbocycles. The van der Waals surface area contributed by atoms with Crippen LogP contribution in [-0.4, -0.2) is 30.0 Å². The van der Waals surface area contributed by atoms with Crippen molar-refractivity contribution in [2.24, 2.45) is 0 Å². The van der Waals surface area contributed by atoms with Crippen molar-refractivity contribution in [3.63, 3.8) is 0 Å². The molecule has 0 aromatic heterocycles. The molecule has 12 heavy (non-hydrogen) atoms. The Labute approximate surface area is 84.4 Å². The third-order valence-corrected chi connectivity index (χ3v) is 3.88. The molecule has 1 aliphatic heterocycles. The summed E-state index contributed by atoms with van der Waals surface area (Å²) in [5.74, 6) is 1.88. The van der Waals surface area contributed by atoms with Crippen molar-refractivity contribution in [1.82, 2.24) is 0 Å². The van der Waals surface area contributed by atoms with Crippen LogP contribution in [0.1, 0.15) is 12.8 Å². The summed E-state index contributed by atoms with van der Waals surface area (Å²) >= 11 is 6.18. The van der Waals surface area contributed by atoms with Gasteiger partial charge in [-0.05, 0) is 12.8 Å². The molecule has 1 saturated heterocycles. The topological polar surface area (TPSA) is 9.23 Å². The maximum atomic E-state index is 5.28. The van der Waals surface area contributed by atoms with Crippen LogP contribution in [-0.2, 0) is 4.74 Å². The highest BCUT2D eigenvalue weighted by molar-refractivity contribution is 8.00. The van der Waals surface area contributed by atoms with E-state index in [0.29, 0.717) is 0 Å². The van der Waals surface area contributed by atoms with Crippen molar-refractivity contribution >= 4 is 24.4 Å². The standard InChI is InChI=1S/C9H16OS2/c1-8(6-11)7-12-9-2-4-10-5-3-9/h9,11H,1-7H2. The lowest BCUT2D eigenvalue weighted by Gasteiger charge is -2.21. The van der Waals surface area contributed by atoms with Crippen LogP contribution in [0.15, 0.2) is 12.2 Å². The molecule has 1 rings (SSSR count). The van der Waals surface area contributed by atoms with Crippen LogP contribution in [0.2, 0.25) is 0 Å². The molecule has 0 bridgehead atoms. The first-order valence-corrected chi connectivity index (χ1v) is 5.98. The molecule has 0 unspecified atom stereocenters. The molecule has 0 N–H and O–H groups in total. The van der Waals surface area contributed by atoms with Gasteiger partial charge in [0.1, 0.15) is 0 Å². The van der Waals surface area contributed by atoms with Gasteiger partial charge in [-0.3, -0.25) is 0 Å². The second kappa shape index (κ2) is 5.95. The van der Waals surface area contributed by atoms with Crippen molar-refractivity contribution < 1.29 is 4.74 Å². The third-order valence-electron chi connectivity index (χ3n) is 1.92. The van der Waals surface area contributed by atoms with Gasteiger partial charge in [0.15, 0.2) is 0 Å². The average molecular weight is 204 g/mol. The monoisotopic (exact) mass is 204 g/mol. The summed E-state index contributed by atoms with van der Waals surface area (Å²) in [6.45, 7) is 5.80. The van der Waals surface area contributed by atoms with Gasteiger partial charge in [0.05, 0.1) is 0 Å². The fourth-order valence-corrected chi connectivity index (χ4v) is 2.49. The molecule has 1 nitrogen and oxygen atoms in total. The summed E-state index contributed by atoms with van der Waals surface area (Å²) in [6, 6.07) is 0. The maximum absolute atomic E-state index is 5.28. The number of rotatable bonds is 4. The fourth-order valence-electron chi connectivity index (χ4n) is 1.12. The average Bonchev–Trinajstić information content (AvgIpc) is 2.16. The predicted molar refractivity (Wildman–Crippen MR) is 59.3 cm³/mol. The highest BCUT2D eigenvalue weighted by Gasteiger charge is 2.13. The number of hydrogen-bond acceptors (Lipinski definition) is 3. The molecule has 0 aromatic carbocycles. The highest BCUT2D eigenvalue weighted by Crippen LogP contribution is 2.23. The Hall–Kier alpha value is 0.400. The van der Waals surface area contributed by atoms with Crippen LogP contribution in [0.3, 0.4) is 0 Å². The Bertz CT molecular complexity index is 141. The van der Waals surface area contributed by atoms with Crippen LogP contribution in [0.4, 0.5) is 0 Å². The normalized spacial score (nSPS) is 19.4. The molecule has 0 radical (unpaired) electrons. The van der Waals surface area contributed by atoms with Crippen molar-refractivity contribution in [2.45, 2.75) is 18.1 Å². The molecule has 1 aliphatic rings. The van der Waals surface area contributed by atoms with E-state index in [1.165, 1.54) is 18.4 Å². The quantitative estimate of drug-likeness (QED) is 0.556. The fraction of sp³-hybridized carbons (Fsp3) is 0.778. The lowest BCUT2D eigenvalue weighted by molar-refractivity contribution is 0.100. The molecule has 0 aromatic rings. The van der Waals surface area contributed by atoms with E-state index in [4.69, 9.17) is 4.74 Å². The zero-order valence-corrected chi connectivity index (χ0v) is 9.00. The summed E-state index contributed by atoms with van der Waals surface area (Å²) < 4.78 is 5.28. The van der Waals surface area contributed by atoms with Crippen LogP contribution < -0.4 is 0 Å². The summed E-state index contributed by atoms with van der Waals surface area (Å²) in [4.78, 5) is 0. The van der Waals surface area contributed by atoms with Crippen molar-refractivity contribution in [1.29, 1.82) is 0 Å². The molecular weight excluding hydrogens is 188 g/mol. The van der Waals surface area contributed by atoms with E-state index >= 15 is 0 Å². The van der Waals surface area contributed by atoms with Gasteiger partial charge in [-0.15, -0.1) is 0 Å². The Balaban J connectivity index is 2.09. The van der Waals surface area contributed by atoms with Crippen LogP contribution in [0.25, 0.3) is 0 Å². The maximum Gasteiger partial charge on any atom is 0.0476 e. The first-order chi connectivity index (χ1) is 5.83. The molecule has 1 heterocycles. The summed E-state index contributed by atoms with van der Waals surface area (Å²) in [6.07, 6.45) is 2.40.